The molecule has 0 fully saturated rings. The van der Waals surface area contributed by atoms with Gasteiger partial charge in [0.2, 0.25) is 5.91 Å². The first kappa shape index (κ1) is 48.4. The van der Waals surface area contributed by atoms with Crippen LogP contribution in [0.4, 0.5) is 0 Å². The Bertz CT molecular complexity index is 742. The van der Waals surface area contributed by atoms with Gasteiger partial charge in [0.15, 0.2) is 0 Å². The number of esters is 1. The zero-order valence-corrected chi connectivity index (χ0v) is 33.5. The molecule has 0 bridgehead atoms. The summed E-state index contributed by atoms with van der Waals surface area (Å²) in [5.41, 5.74) is 0. The van der Waals surface area contributed by atoms with E-state index < -0.39 is 5.97 Å². The van der Waals surface area contributed by atoms with Gasteiger partial charge in [0, 0.05) is 12.8 Å². The van der Waals surface area contributed by atoms with Gasteiger partial charge in [-0.2, -0.15) is 0 Å². The maximum atomic E-state index is 12.8. The van der Waals surface area contributed by atoms with Gasteiger partial charge in [0.25, 0.3) is 0 Å². The molecule has 0 aliphatic heterocycles. The third kappa shape index (κ3) is 39.2. The predicted molar refractivity (Wildman–Crippen MR) is 213 cm³/mol. The molecule has 0 saturated carbocycles. The largest absolute Gasteiger partial charge is 0.480 e. The third-order valence-corrected chi connectivity index (χ3v) is 10.3. The van der Waals surface area contributed by atoms with Crippen molar-refractivity contribution in [1.29, 1.82) is 0 Å². The van der Waals surface area contributed by atoms with Crippen molar-refractivity contribution in [2.45, 2.75) is 258 Å². The molecular weight excluding hydrogens is 622 g/mol. The number of amides is 1. The van der Waals surface area contributed by atoms with Gasteiger partial charge < -0.3 is 15.2 Å². The zero-order valence-electron chi connectivity index (χ0n) is 33.5. The fraction of sp³-hybridized carbons (Fsp3) is 0.932. The van der Waals surface area contributed by atoms with E-state index in [1.165, 1.54) is 161 Å². The Hall–Kier alpha value is -1.59. The van der Waals surface area contributed by atoms with Crippen molar-refractivity contribution in [2.24, 2.45) is 0 Å². The second-order valence-electron chi connectivity index (χ2n) is 15.3. The van der Waals surface area contributed by atoms with Crippen LogP contribution in [0.1, 0.15) is 251 Å². The minimum atomic E-state index is -1.01. The molecule has 6 heteroatoms. The SMILES string of the molecule is CCCCCCCCCCCCCCCCCC(=O)OC(CCCCCCCCCCCCCCC)CCCCCCCC(=O)NCC(=O)O. The monoisotopic (exact) mass is 708 g/mol. The zero-order chi connectivity index (χ0) is 36.6. The molecule has 0 aliphatic carbocycles. The molecule has 2 N–H and O–H groups in total. The molecule has 0 spiro atoms. The molecule has 50 heavy (non-hydrogen) atoms. The Labute approximate surface area is 310 Å². The van der Waals surface area contributed by atoms with E-state index in [4.69, 9.17) is 9.84 Å². The Kier molecular flexibility index (Phi) is 38.9. The normalized spacial score (nSPS) is 11.9. The molecule has 1 amide bonds. The number of hydrogen-bond acceptors (Lipinski definition) is 4. The minimum Gasteiger partial charge on any atom is -0.480 e. The van der Waals surface area contributed by atoms with Gasteiger partial charge in [-0.05, 0) is 38.5 Å². The lowest BCUT2D eigenvalue weighted by Gasteiger charge is -2.18. The number of carbonyl (C=O) groups is 3. The van der Waals surface area contributed by atoms with Crippen molar-refractivity contribution in [3.63, 3.8) is 0 Å². The van der Waals surface area contributed by atoms with Crippen LogP contribution >= 0.6 is 0 Å². The van der Waals surface area contributed by atoms with Gasteiger partial charge in [0.05, 0.1) is 0 Å². The highest BCUT2D eigenvalue weighted by molar-refractivity contribution is 5.80. The number of carboxylic acids is 1. The third-order valence-electron chi connectivity index (χ3n) is 10.3. The van der Waals surface area contributed by atoms with Gasteiger partial charge in [-0.3, -0.25) is 14.4 Å². The highest BCUT2D eigenvalue weighted by Crippen LogP contribution is 2.19. The highest BCUT2D eigenvalue weighted by Gasteiger charge is 2.14. The van der Waals surface area contributed by atoms with E-state index in [1.807, 2.05) is 0 Å². The summed E-state index contributed by atoms with van der Waals surface area (Å²) in [6.07, 6.45) is 45.1. The summed E-state index contributed by atoms with van der Waals surface area (Å²) < 4.78 is 6.04. The predicted octanol–water partition coefficient (Wildman–Crippen LogP) is 13.6. The molecule has 0 aromatic carbocycles. The van der Waals surface area contributed by atoms with Crippen LogP contribution in [-0.2, 0) is 19.1 Å². The second kappa shape index (κ2) is 40.2. The number of rotatable bonds is 41. The fourth-order valence-electron chi connectivity index (χ4n) is 6.99. The van der Waals surface area contributed by atoms with Crippen LogP contribution in [0.3, 0.4) is 0 Å². The van der Waals surface area contributed by atoms with Gasteiger partial charge in [-0.15, -0.1) is 0 Å². The standard InChI is InChI=1S/C44H85NO5/c1-3-5-7-9-11-13-15-17-18-20-22-24-26-31-35-39-44(49)50-41(37-33-29-27-30-34-38-42(46)45-40-43(47)48)36-32-28-25-23-21-19-16-14-12-10-8-6-4-2/h41H,3-40H2,1-2H3,(H,45,46)(H,47,48). The van der Waals surface area contributed by atoms with E-state index in [2.05, 4.69) is 19.2 Å². The van der Waals surface area contributed by atoms with E-state index in [1.54, 1.807) is 0 Å². The van der Waals surface area contributed by atoms with Crippen molar-refractivity contribution in [2.75, 3.05) is 6.54 Å². The molecular formula is C44H85NO5. The topological polar surface area (TPSA) is 92.7 Å². The van der Waals surface area contributed by atoms with Gasteiger partial charge in [-0.1, -0.05) is 200 Å². The number of nitrogens with one attached hydrogen (secondary N) is 1. The van der Waals surface area contributed by atoms with Gasteiger partial charge in [-0.25, -0.2) is 0 Å². The van der Waals surface area contributed by atoms with Crippen molar-refractivity contribution in [1.82, 2.24) is 5.32 Å². The summed E-state index contributed by atoms with van der Waals surface area (Å²) in [4.78, 5) is 35.0. The van der Waals surface area contributed by atoms with Gasteiger partial charge >= 0.3 is 11.9 Å². The molecule has 0 aliphatic rings. The molecule has 0 aromatic heterocycles. The molecule has 0 aromatic rings. The van der Waals surface area contributed by atoms with Crippen LogP contribution in [0.5, 0.6) is 0 Å². The lowest BCUT2D eigenvalue weighted by molar-refractivity contribution is -0.150. The summed E-state index contributed by atoms with van der Waals surface area (Å²) in [5.74, 6) is -1.21. The van der Waals surface area contributed by atoms with E-state index >= 15 is 0 Å². The van der Waals surface area contributed by atoms with Crippen molar-refractivity contribution < 1.29 is 24.2 Å². The molecule has 0 radical (unpaired) electrons. The highest BCUT2D eigenvalue weighted by atomic mass is 16.5. The summed E-state index contributed by atoms with van der Waals surface area (Å²) in [6.45, 7) is 4.25. The smallest absolute Gasteiger partial charge is 0.322 e. The summed E-state index contributed by atoms with van der Waals surface area (Å²) in [7, 11) is 0. The van der Waals surface area contributed by atoms with Crippen LogP contribution in [0.25, 0.3) is 0 Å². The number of unbranched alkanes of at least 4 members (excludes halogenated alkanes) is 30. The lowest BCUT2D eigenvalue weighted by Crippen LogP contribution is -2.28. The number of hydrogen-bond donors (Lipinski definition) is 2. The average Bonchev–Trinajstić information content (AvgIpc) is 3.10. The quantitative estimate of drug-likeness (QED) is 0.0487. The molecule has 0 saturated heterocycles. The lowest BCUT2D eigenvalue weighted by atomic mass is 10.0. The fourth-order valence-corrected chi connectivity index (χ4v) is 6.99. The van der Waals surface area contributed by atoms with E-state index in [0.717, 1.165) is 64.2 Å². The van der Waals surface area contributed by atoms with Crippen molar-refractivity contribution in [3.8, 4) is 0 Å². The summed E-state index contributed by atoms with van der Waals surface area (Å²) in [6, 6.07) is 0. The van der Waals surface area contributed by atoms with Crippen LogP contribution in [0.15, 0.2) is 0 Å². The Morgan fingerprint density at radius 1 is 0.440 bits per heavy atom. The minimum absolute atomic E-state index is 0.00763. The van der Waals surface area contributed by atoms with E-state index in [-0.39, 0.29) is 24.5 Å². The molecule has 0 heterocycles. The Morgan fingerprint density at radius 2 is 0.740 bits per heavy atom. The summed E-state index contributed by atoms with van der Waals surface area (Å²) in [5, 5.41) is 11.1. The van der Waals surface area contributed by atoms with E-state index in [9.17, 15) is 14.4 Å². The Balaban J connectivity index is 4.11. The maximum Gasteiger partial charge on any atom is 0.322 e. The van der Waals surface area contributed by atoms with Crippen LogP contribution in [0, 0.1) is 0 Å². The van der Waals surface area contributed by atoms with Gasteiger partial charge in [0.1, 0.15) is 12.6 Å². The van der Waals surface area contributed by atoms with Crippen molar-refractivity contribution in [3.05, 3.63) is 0 Å². The van der Waals surface area contributed by atoms with Crippen LogP contribution in [-0.4, -0.2) is 35.6 Å². The average molecular weight is 708 g/mol. The van der Waals surface area contributed by atoms with Crippen molar-refractivity contribution >= 4 is 17.8 Å². The van der Waals surface area contributed by atoms with Crippen LogP contribution in [0.2, 0.25) is 0 Å². The number of ether oxygens (including phenoxy) is 1. The molecule has 6 nitrogen and oxygen atoms in total. The number of aliphatic carboxylic acids is 1. The first-order chi connectivity index (χ1) is 24.5. The maximum absolute atomic E-state index is 12.8. The Morgan fingerprint density at radius 3 is 1.08 bits per heavy atom. The summed E-state index contributed by atoms with van der Waals surface area (Å²) >= 11 is 0. The second-order valence-corrected chi connectivity index (χ2v) is 15.3. The first-order valence-corrected chi connectivity index (χ1v) is 22.2. The molecule has 296 valence electrons. The van der Waals surface area contributed by atoms with Crippen LogP contribution < -0.4 is 5.32 Å². The molecule has 1 unspecified atom stereocenters. The number of carbonyl (C=O) groups excluding carboxylic acids is 2. The number of carboxylic acid groups (broad SMARTS) is 1. The molecule has 1 atom stereocenters. The first-order valence-electron chi connectivity index (χ1n) is 22.2. The van der Waals surface area contributed by atoms with E-state index in [0.29, 0.717) is 12.8 Å². The molecule has 0 rings (SSSR count).